The zero-order valence-corrected chi connectivity index (χ0v) is 11.5. The van der Waals surface area contributed by atoms with Gasteiger partial charge in [-0.25, -0.2) is 0 Å². The van der Waals surface area contributed by atoms with E-state index in [4.69, 9.17) is 6.42 Å². The van der Waals surface area contributed by atoms with Gasteiger partial charge in [-0.15, -0.1) is 6.42 Å². The van der Waals surface area contributed by atoms with Gasteiger partial charge in [-0.2, -0.15) is 0 Å². The van der Waals surface area contributed by atoms with Crippen LogP contribution in [-0.4, -0.2) is 36.6 Å². The van der Waals surface area contributed by atoms with Crippen LogP contribution >= 0.6 is 0 Å². The first-order chi connectivity index (χ1) is 8.15. The maximum atomic E-state index is 5.48. The molecule has 1 rings (SSSR count). The molecule has 0 spiro atoms. The highest BCUT2D eigenvalue weighted by molar-refractivity contribution is 5.00. The van der Waals surface area contributed by atoms with Crippen LogP contribution in [0.1, 0.15) is 40.0 Å². The van der Waals surface area contributed by atoms with E-state index in [-0.39, 0.29) is 6.04 Å². The lowest BCUT2D eigenvalue weighted by Crippen LogP contribution is -2.45. The van der Waals surface area contributed by atoms with Crippen LogP contribution in [0.3, 0.4) is 0 Å². The summed E-state index contributed by atoms with van der Waals surface area (Å²) in [6.07, 6.45) is 11.2. The molecule has 0 amide bonds. The molecule has 1 aliphatic heterocycles. The van der Waals surface area contributed by atoms with Gasteiger partial charge in [-0.05, 0) is 46.2 Å². The second kappa shape index (κ2) is 7.53. The van der Waals surface area contributed by atoms with E-state index in [1.807, 2.05) is 0 Å². The number of piperidine rings is 1. The molecule has 0 aromatic rings. The Morgan fingerprint density at radius 2 is 2.12 bits per heavy atom. The molecule has 2 heteroatoms. The highest BCUT2D eigenvalue weighted by Crippen LogP contribution is 2.11. The molecule has 96 valence electrons. The Morgan fingerprint density at radius 1 is 1.47 bits per heavy atom. The molecule has 17 heavy (non-hydrogen) atoms. The Kier molecular flexibility index (Phi) is 6.32. The molecule has 1 saturated heterocycles. The van der Waals surface area contributed by atoms with Crippen LogP contribution in [0, 0.1) is 12.3 Å². The molecular weight excluding hydrogens is 208 g/mol. The molecule has 1 aliphatic rings. The van der Waals surface area contributed by atoms with Crippen molar-refractivity contribution in [3.8, 4) is 12.3 Å². The predicted octanol–water partition coefficient (Wildman–Crippen LogP) is 2.42. The van der Waals surface area contributed by atoms with Gasteiger partial charge < -0.3 is 5.32 Å². The van der Waals surface area contributed by atoms with E-state index in [2.05, 4.69) is 43.0 Å². The smallest absolute Gasteiger partial charge is 0.0686 e. The highest BCUT2D eigenvalue weighted by Gasteiger charge is 2.19. The van der Waals surface area contributed by atoms with E-state index in [0.29, 0.717) is 6.04 Å². The van der Waals surface area contributed by atoms with Gasteiger partial charge in [-0.3, -0.25) is 4.90 Å². The Labute approximate surface area is 106 Å². The third-order valence-corrected chi connectivity index (χ3v) is 3.39. The Bertz CT molecular complexity index is 276. The normalized spacial score (nSPS) is 19.6. The van der Waals surface area contributed by atoms with E-state index < -0.39 is 0 Å². The van der Waals surface area contributed by atoms with E-state index >= 15 is 0 Å². The van der Waals surface area contributed by atoms with Crippen LogP contribution in [-0.2, 0) is 0 Å². The monoisotopic (exact) mass is 234 g/mol. The molecule has 0 radical (unpaired) electrons. The van der Waals surface area contributed by atoms with Gasteiger partial charge in [0.25, 0.3) is 0 Å². The molecule has 2 nitrogen and oxygen atoms in total. The quantitative estimate of drug-likeness (QED) is 0.580. The average molecular weight is 234 g/mol. The lowest BCUT2D eigenvalue weighted by molar-refractivity contribution is 0.211. The summed E-state index contributed by atoms with van der Waals surface area (Å²) in [7, 11) is 0. The summed E-state index contributed by atoms with van der Waals surface area (Å²) in [5, 5.41) is 3.56. The first-order valence-electron chi connectivity index (χ1n) is 6.73. The molecule has 0 aromatic heterocycles. The van der Waals surface area contributed by atoms with E-state index in [9.17, 15) is 0 Å². The van der Waals surface area contributed by atoms with E-state index in [0.717, 1.165) is 13.0 Å². The molecule has 1 unspecified atom stereocenters. The van der Waals surface area contributed by atoms with Gasteiger partial charge in [0.1, 0.15) is 0 Å². The first-order valence-corrected chi connectivity index (χ1v) is 6.73. The maximum absolute atomic E-state index is 5.48. The molecule has 1 atom stereocenters. The number of nitrogens with zero attached hydrogens (tertiary/aromatic N) is 1. The number of rotatable bonds is 5. The standard InChI is InChI=1S/C15H26N2/c1-5-14(6-2)16-15-8-11-17(12-9-15)10-7-13(3)4/h1,7,14-16H,6,8-12H2,2-4H3. The molecule has 0 aromatic carbocycles. The summed E-state index contributed by atoms with van der Waals surface area (Å²) < 4.78 is 0. The molecule has 1 fully saturated rings. The number of nitrogens with one attached hydrogen (secondary N) is 1. The SMILES string of the molecule is C#CC(CC)NC1CCN(CC=C(C)C)CC1. The second-order valence-electron chi connectivity index (χ2n) is 5.15. The fourth-order valence-corrected chi connectivity index (χ4v) is 2.16. The van der Waals surface area contributed by atoms with Crippen LogP contribution in [0.4, 0.5) is 0 Å². The second-order valence-corrected chi connectivity index (χ2v) is 5.15. The summed E-state index contributed by atoms with van der Waals surface area (Å²) >= 11 is 0. The van der Waals surface area contributed by atoms with Crippen molar-refractivity contribution in [2.45, 2.75) is 52.1 Å². The minimum Gasteiger partial charge on any atom is -0.301 e. The molecule has 0 bridgehead atoms. The fraction of sp³-hybridized carbons (Fsp3) is 0.733. The van der Waals surface area contributed by atoms with Crippen molar-refractivity contribution >= 4 is 0 Å². The molecule has 0 aliphatic carbocycles. The van der Waals surface area contributed by atoms with Crippen molar-refractivity contribution in [2.24, 2.45) is 0 Å². The van der Waals surface area contributed by atoms with Gasteiger partial charge in [-0.1, -0.05) is 24.5 Å². The van der Waals surface area contributed by atoms with Crippen molar-refractivity contribution in [3.05, 3.63) is 11.6 Å². The van der Waals surface area contributed by atoms with Crippen LogP contribution < -0.4 is 5.32 Å². The number of hydrogen-bond donors (Lipinski definition) is 1. The van der Waals surface area contributed by atoms with Gasteiger partial charge >= 0.3 is 0 Å². The van der Waals surface area contributed by atoms with Crippen molar-refractivity contribution in [3.63, 3.8) is 0 Å². The van der Waals surface area contributed by atoms with Crippen LogP contribution in [0.2, 0.25) is 0 Å². The fourth-order valence-electron chi connectivity index (χ4n) is 2.16. The predicted molar refractivity (Wildman–Crippen MR) is 74.9 cm³/mol. The van der Waals surface area contributed by atoms with Crippen molar-refractivity contribution in [1.82, 2.24) is 10.2 Å². The number of hydrogen-bond acceptors (Lipinski definition) is 2. The number of allylic oxidation sites excluding steroid dienone is 1. The Morgan fingerprint density at radius 3 is 2.59 bits per heavy atom. The number of terminal acetylenes is 1. The van der Waals surface area contributed by atoms with E-state index in [1.54, 1.807) is 0 Å². The van der Waals surface area contributed by atoms with Crippen molar-refractivity contribution < 1.29 is 0 Å². The van der Waals surface area contributed by atoms with Crippen LogP contribution in [0.15, 0.2) is 11.6 Å². The van der Waals surface area contributed by atoms with Crippen LogP contribution in [0.25, 0.3) is 0 Å². The third kappa shape index (κ3) is 5.39. The summed E-state index contributed by atoms with van der Waals surface area (Å²) in [6, 6.07) is 0.864. The van der Waals surface area contributed by atoms with E-state index in [1.165, 1.54) is 31.5 Å². The van der Waals surface area contributed by atoms with Gasteiger partial charge in [0, 0.05) is 12.6 Å². The molecular formula is C15H26N2. The van der Waals surface area contributed by atoms with Gasteiger partial charge in [0.05, 0.1) is 6.04 Å². The third-order valence-electron chi connectivity index (χ3n) is 3.39. The van der Waals surface area contributed by atoms with Crippen molar-refractivity contribution in [2.75, 3.05) is 19.6 Å². The summed E-state index contributed by atoms with van der Waals surface area (Å²) in [4.78, 5) is 2.52. The highest BCUT2D eigenvalue weighted by atomic mass is 15.1. The zero-order valence-electron chi connectivity index (χ0n) is 11.5. The van der Waals surface area contributed by atoms with Crippen molar-refractivity contribution in [1.29, 1.82) is 0 Å². The summed E-state index contributed by atoms with van der Waals surface area (Å²) in [5.41, 5.74) is 1.41. The lowest BCUT2D eigenvalue weighted by atomic mass is 10.0. The minimum atomic E-state index is 0.254. The molecule has 0 saturated carbocycles. The maximum Gasteiger partial charge on any atom is 0.0686 e. The summed E-state index contributed by atoms with van der Waals surface area (Å²) in [5.74, 6) is 2.82. The Hall–Kier alpha value is -0.780. The first kappa shape index (κ1) is 14.3. The van der Waals surface area contributed by atoms with Gasteiger partial charge in [0.2, 0.25) is 0 Å². The summed E-state index contributed by atoms with van der Waals surface area (Å²) in [6.45, 7) is 9.92. The Balaban J connectivity index is 2.26. The zero-order chi connectivity index (χ0) is 12.7. The minimum absolute atomic E-state index is 0.254. The lowest BCUT2D eigenvalue weighted by Gasteiger charge is -2.33. The van der Waals surface area contributed by atoms with Gasteiger partial charge in [0.15, 0.2) is 0 Å². The molecule has 1 N–H and O–H groups in total. The van der Waals surface area contributed by atoms with Crippen LogP contribution in [0.5, 0.6) is 0 Å². The average Bonchev–Trinajstić information content (AvgIpc) is 2.34. The molecule has 1 heterocycles. The number of likely N-dealkylation sites (tertiary alicyclic amines) is 1. The largest absolute Gasteiger partial charge is 0.301 e. The topological polar surface area (TPSA) is 15.3 Å².